The standard InChI is InChI=1S/C12H18N2S2/c1-2-13-12(15)14-8-9-16-10-11-6-4-3-5-7-11/h3-7H,2,8-10H2,1H3,(H2,13,14,15). The summed E-state index contributed by atoms with van der Waals surface area (Å²) in [6, 6.07) is 10.5. The first-order chi connectivity index (χ1) is 7.83. The first-order valence-corrected chi connectivity index (χ1v) is 7.02. The molecule has 0 radical (unpaired) electrons. The number of hydrogen-bond acceptors (Lipinski definition) is 2. The average molecular weight is 254 g/mol. The zero-order valence-electron chi connectivity index (χ0n) is 9.53. The smallest absolute Gasteiger partial charge is 0.166 e. The second-order valence-corrected chi connectivity index (χ2v) is 4.84. The lowest BCUT2D eigenvalue weighted by atomic mass is 10.2. The molecule has 88 valence electrons. The Morgan fingerprint density at radius 3 is 2.69 bits per heavy atom. The van der Waals surface area contributed by atoms with Crippen molar-refractivity contribution in [2.45, 2.75) is 12.7 Å². The van der Waals surface area contributed by atoms with Crippen molar-refractivity contribution in [3.63, 3.8) is 0 Å². The molecular formula is C12H18N2S2. The third-order valence-electron chi connectivity index (χ3n) is 1.98. The predicted molar refractivity (Wildman–Crippen MR) is 76.9 cm³/mol. The van der Waals surface area contributed by atoms with Gasteiger partial charge in [0.05, 0.1) is 0 Å². The Labute approximate surface area is 107 Å². The van der Waals surface area contributed by atoms with E-state index in [1.165, 1.54) is 5.56 Å². The van der Waals surface area contributed by atoms with Crippen molar-refractivity contribution in [1.29, 1.82) is 0 Å². The van der Waals surface area contributed by atoms with E-state index in [0.717, 1.165) is 29.7 Å². The first-order valence-electron chi connectivity index (χ1n) is 5.46. The van der Waals surface area contributed by atoms with Gasteiger partial charge in [0.15, 0.2) is 5.11 Å². The summed E-state index contributed by atoms with van der Waals surface area (Å²) in [5.41, 5.74) is 1.38. The Morgan fingerprint density at radius 2 is 2.00 bits per heavy atom. The molecule has 0 spiro atoms. The van der Waals surface area contributed by atoms with Gasteiger partial charge in [-0.3, -0.25) is 0 Å². The Hall–Kier alpha value is -0.740. The molecule has 0 aliphatic carbocycles. The molecule has 0 atom stereocenters. The summed E-state index contributed by atoms with van der Waals surface area (Å²) in [6.45, 7) is 3.84. The van der Waals surface area contributed by atoms with Crippen LogP contribution in [0.1, 0.15) is 12.5 Å². The van der Waals surface area contributed by atoms with Crippen LogP contribution in [-0.2, 0) is 5.75 Å². The molecule has 16 heavy (non-hydrogen) atoms. The second kappa shape index (κ2) is 8.42. The van der Waals surface area contributed by atoms with Crippen LogP contribution >= 0.6 is 24.0 Å². The van der Waals surface area contributed by atoms with Gasteiger partial charge in [0.1, 0.15) is 0 Å². The normalized spacial score (nSPS) is 9.81. The maximum absolute atomic E-state index is 5.06. The number of thiocarbonyl (C=S) groups is 1. The molecule has 0 bridgehead atoms. The Balaban J connectivity index is 2.02. The minimum Gasteiger partial charge on any atom is -0.363 e. The van der Waals surface area contributed by atoms with Crippen molar-refractivity contribution in [1.82, 2.24) is 10.6 Å². The van der Waals surface area contributed by atoms with Gasteiger partial charge >= 0.3 is 0 Å². The summed E-state index contributed by atoms with van der Waals surface area (Å²) < 4.78 is 0. The molecule has 1 aromatic rings. The highest BCUT2D eigenvalue weighted by atomic mass is 32.2. The number of benzene rings is 1. The van der Waals surface area contributed by atoms with Gasteiger partial charge in [-0.25, -0.2) is 0 Å². The number of thioether (sulfide) groups is 1. The van der Waals surface area contributed by atoms with Crippen molar-refractivity contribution in [2.75, 3.05) is 18.8 Å². The topological polar surface area (TPSA) is 24.1 Å². The van der Waals surface area contributed by atoms with Crippen LogP contribution in [0.15, 0.2) is 30.3 Å². The molecule has 0 heterocycles. The number of hydrogen-bond donors (Lipinski definition) is 2. The molecule has 0 saturated carbocycles. The molecule has 0 saturated heterocycles. The van der Waals surface area contributed by atoms with Crippen molar-refractivity contribution in [3.05, 3.63) is 35.9 Å². The van der Waals surface area contributed by atoms with Crippen molar-refractivity contribution < 1.29 is 0 Å². The molecule has 2 nitrogen and oxygen atoms in total. The molecule has 0 unspecified atom stereocenters. The minimum absolute atomic E-state index is 0.753. The average Bonchev–Trinajstić information content (AvgIpc) is 2.30. The molecule has 0 aliphatic rings. The van der Waals surface area contributed by atoms with E-state index in [1.54, 1.807) is 0 Å². The van der Waals surface area contributed by atoms with E-state index in [4.69, 9.17) is 12.2 Å². The molecular weight excluding hydrogens is 236 g/mol. The van der Waals surface area contributed by atoms with Gasteiger partial charge in [-0.15, -0.1) is 0 Å². The fraction of sp³-hybridized carbons (Fsp3) is 0.417. The Kier molecular flexibility index (Phi) is 7.01. The number of rotatable bonds is 6. The highest BCUT2D eigenvalue weighted by molar-refractivity contribution is 7.98. The lowest BCUT2D eigenvalue weighted by molar-refractivity contribution is 0.887. The molecule has 1 aromatic carbocycles. The fourth-order valence-electron chi connectivity index (χ4n) is 1.22. The van der Waals surface area contributed by atoms with Gasteiger partial charge in [0.2, 0.25) is 0 Å². The predicted octanol–water partition coefficient (Wildman–Crippen LogP) is 2.40. The van der Waals surface area contributed by atoms with Gasteiger partial charge in [0, 0.05) is 24.6 Å². The van der Waals surface area contributed by atoms with Gasteiger partial charge in [-0.2, -0.15) is 11.8 Å². The lowest BCUT2D eigenvalue weighted by Crippen LogP contribution is -2.36. The van der Waals surface area contributed by atoms with Crippen LogP contribution in [0, 0.1) is 0 Å². The maximum atomic E-state index is 5.06. The fourth-order valence-corrected chi connectivity index (χ4v) is 2.29. The molecule has 4 heteroatoms. The molecule has 1 rings (SSSR count). The SMILES string of the molecule is CCNC(=S)NCCSCc1ccccc1. The highest BCUT2D eigenvalue weighted by Crippen LogP contribution is 2.10. The van der Waals surface area contributed by atoms with E-state index < -0.39 is 0 Å². The second-order valence-electron chi connectivity index (χ2n) is 3.32. The summed E-state index contributed by atoms with van der Waals surface area (Å²) in [7, 11) is 0. The van der Waals surface area contributed by atoms with Gasteiger partial charge < -0.3 is 10.6 Å². The van der Waals surface area contributed by atoms with E-state index in [2.05, 4.69) is 34.9 Å². The van der Waals surface area contributed by atoms with Crippen molar-refractivity contribution in [3.8, 4) is 0 Å². The zero-order valence-corrected chi connectivity index (χ0v) is 11.2. The van der Waals surface area contributed by atoms with E-state index in [9.17, 15) is 0 Å². The van der Waals surface area contributed by atoms with E-state index in [1.807, 2.05) is 24.8 Å². The van der Waals surface area contributed by atoms with E-state index in [0.29, 0.717) is 0 Å². The van der Waals surface area contributed by atoms with E-state index in [-0.39, 0.29) is 0 Å². The molecule has 0 aliphatic heterocycles. The van der Waals surface area contributed by atoms with Gasteiger partial charge in [-0.1, -0.05) is 30.3 Å². The van der Waals surface area contributed by atoms with Gasteiger partial charge in [-0.05, 0) is 24.7 Å². The van der Waals surface area contributed by atoms with Crippen LogP contribution in [0.4, 0.5) is 0 Å². The van der Waals surface area contributed by atoms with Crippen molar-refractivity contribution in [2.24, 2.45) is 0 Å². The summed E-state index contributed by atoms with van der Waals surface area (Å²) in [5.74, 6) is 2.14. The third kappa shape index (κ3) is 5.98. The Bertz CT molecular complexity index is 301. The summed E-state index contributed by atoms with van der Waals surface area (Å²) in [5, 5.41) is 6.99. The summed E-state index contributed by atoms with van der Waals surface area (Å²) in [4.78, 5) is 0. The molecule has 0 fully saturated rings. The number of nitrogens with one attached hydrogen (secondary N) is 2. The lowest BCUT2D eigenvalue weighted by Gasteiger charge is -2.08. The maximum Gasteiger partial charge on any atom is 0.166 e. The summed E-state index contributed by atoms with van der Waals surface area (Å²) in [6.07, 6.45) is 0. The van der Waals surface area contributed by atoms with Crippen LogP contribution in [0.25, 0.3) is 0 Å². The van der Waals surface area contributed by atoms with Crippen molar-refractivity contribution >= 4 is 29.1 Å². The largest absolute Gasteiger partial charge is 0.363 e. The zero-order chi connectivity index (χ0) is 11.6. The first kappa shape index (κ1) is 13.3. The van der Waals surface area contributed by atoms with Crippen LogP contribution < -0.4 is 10.6 Å². The minimum atomic E-state index is 0.753. The monoisotopic (exact) mass is 254 g/mol. The van der Waals surface area contributed by atoms with E-state index >= 15 is 0 Å². The third-order valence-corrected chi connectivity index (χ3v) is 3.30. The van der Waals surface area contributed by atoms with Crippen LogP contribution in [0.3, 0.4) is 0 Å². The molecule has 2 N–H and O–H groups in total. The molecule has 0 amide bonds. The van der Waals surface area contributed by atoms with Crippen LogP contribution in [0.2, 0.25) is 0 Å². The highest BCUT2D eigenvalue weighted by Gasteiger charge is 1.94. The van der Waals surface area contributed by atoms with Crippen LogP contribution in [-0.4, -0.2) is 24.0 Å². The van der Waals surface area contributed by atoms with Gasteiger partial charge in [0.25, 0.3) is 0 Å². The molecule has 0 aromatic heterocycles. The quantitative estimate of drug-likeness (QED) is 0.601. The van der Waals surface area contributed by atoms with Crippen LogP contribution in [0.5, 0.6) is 0 Å². The Morgan fingerprint density at radius 1 is 1.25 bits per heavy atom. The summed E-state index contributed by atoms with van der Waals surface area (Å²) >= 11 is 6.98.